The zero-order valence-electron chi connectivity index (χ0n) is 18.0. The Morgan fingerprint density at radius 2 is 1.82 bits per heavy atom. The average Bonchev–Trinajstić information content (AvgIpc) is 2.80. The Hall–Kier alpha value is -4.20. The Kier molecular flexibility index (Phi) is 5.26. The Bertz CT molecular complexity index is 1490. The molecule has 2 aliphatic rings. The van der Waals surface area contributed by atoms with Gasteiger partial charge in [0.1, 0.15) is 5.82 Å². The molecule has 164 valence electrons. The topological polar surface area (TPSA) is 68.0 Å². The lowest BCUT2D eigenvalue weighted by Gasteiger charge is -2.20. The zero-order chi connectivity index (χ0) is 22.9. The lowest BCUT2D eigenvalue weighted by atomic mass is 10.1. The number of anilines is 2. The number of nitrogens with one attached hydrogen (secondary N) is 1. The summed E-state index contributed by atoms with van der Waals surface area (Å²) in [4.78, 5) is 18.0. The van der Waals surface area contributed by atoms with E-state index in [0.717, 1.165) is 17.3 Å². The van der Waals surface area contributed by atoms with Gasteiger partial charge in [-0.05, 0) is 50.2 Å². The number of rotatable bonds is 4. The molecule has 33 heavy (non-hydrogen) atoms. The summed E-state index contributed by atoms with van der Waals surface area (Å²) >= 11 is 0. The van der Waals surface area contributed by atoms with E-state index >= 15 is 0 Å². The molecule has 8 heteroatoms. The molecule has 0 spiro atoms. The number of para-hydroxylation sites is 2. The lowest BCUT2D eigenvalue weighted by Crippen LogP contribution is -2.17. The smallest absolute Gasteiger partial charge is 0.160 e. The molecular formula is C25H20F2N6. The SMILES string of the molecule is CC(C)N=c1cc2n(-c3ccc(F)c(F)c3)c3ccccc3nc-2cc1Nc1cnccn1. The van der Waals surface area contributed by atoms with Crippen molar-refractivity contribution in [2.75, 3.05) is 5.32 Å². The summed E-state index contributed by atoms with van der Waals surface area (Å²) in [6, 6.07) is 15.2. The van der Waals surface area contributed by atoms with E-state index in [1.165, 1.54) is 6.07 Å². The number of nitrogens with zero attached hydrogens (tertiary/aromatic N) is 5. The monoisotopic (exact) mass is 442 g/mol. The summed E-state index contributed by atoms with van der Waals surface area (Å²) < 4.78 is 29.7. The predicted molar refractivity (Wildman–Crippen MR) is 124 cm³/mol. The van der Waals surface area contributed by atoms with E-state index in [2.05, 4.69) is 15.3 Å². The van der Waals surface area contributed by atoms with Gasteiger partial charge in [0.05, 0.1) is 39.7 Å². The van der Waals surface area contributed by atoms with Crippen molar-refractivity contribution in [1.29, 1.82) is 0 Å². The van der Waals surface area contributed by atoms with Crippen molar-refractivity contribution >= 4 is 22.5 Å². The van der Waals surface area contributed by atoms with Crippen LogP contribution in [0.2, 0.25) is 0 Å². The largest absolute Gasteiger partial charge is 0.337 e. The summed E-state index contributed by atoms with van der Waals surface area (Å²) in [6.07, 6.45) is 4.83. The molecular weight excluding hydrogens is 422 g/mol. The summed E-state index contributed by atoms with van der Waals surface area (Å²) in [5.74, 6) is -1.23. The van der Waals surface area contributed by atoms with Crippen LogP contribution in [0.15, 0.2) is 78.2 Å². The van der Waals surface area contributed by atoms with Gasteiger partial charge >= 0.3 is 0 Å². The van der Waals surface area contributed by atoms with Gasteiger partial charge in [0.2, 0.25) is 0 Å². The molecule has 2 heterocycles. The molecule has 0 amide bonds. The van der Waals surface area contributed by atoms with Crippen LogP contribution >= 0.6 is 0 Å². The van der Waals surface area contributed by atoms with Crippen LogP contribution in [0, 0.1) is 11.6 Å². The molecule has 0 atom stereocenters. The van der Waals surface area contributed by atoms with Crippen molar-refractivity contribution in [3.05, 3.63) is 90.2 Å². The standard InChI is InChI=1S/C25H20F2N6/c1-15(2)30-21-13-24-22(12-20(21)32-25-14-28-9-10-29-25)31-19-5-3-4-6-23(19)33(24)16-7-8-17(26)18(27)11-16/h3-15H,1-2H3,(H,29,32). The molecule has 1 aliphatic carbocycles. The normalized spacial score (nSPS) is 12.1. The van der Waals surface area contributed by atoms with Gasteiger partial charge in [0, 0.05) is 30.2 Å². The van der Waals surface area contributed by atoms with Gasteiger partial charge in [-0.1, -0.05) is 12.1 Å². The van der Waals surface area contributed by atoms with Gasteiger partial charge in [0.25, 0.3) is 0 Å². The fourth-order valence-corrected chi connectivity index (χ4v) is 3.73. The molecule has 2 aromatic carbocycles. The molecule has 0 saturated carbocycles. The molecule has 0 fully saturated rings. The summed E-state index contributed by atoms with van der Waals surface area (Å²) in [6.45, 7) is 3.97. The maximum Gasteiger partial charge on any atom is 0.160 e. The molecule has 0 radical (unpaired) electrons. The van der Waals surface area contributed by atoms with Crippen LogP contribution in [0.4, 0.5) is 20.3 Å². The van der Waals surface area contributed by atoms with Crippen molar-refractivity contribution in [2.24, 2.45) is 4.99 Å². The molecule has 1 aliphatic heterocycles. The Morgan fingerprint density at radius 1 is 0.970 bits per heavy atom. The van der Waals surface area contributed by atoms with Crippen LogP contribution in [0.25, 0.3) is 28.1 Å². The number of hydrogen-bond donors (Lipinski definition) is 1. The Labute approximate surface area is 188 Å². The highest BCUT2D eigenvalue weighted by molar-refractivity contribution is 5.84. The van der Waals surface area contributed by atoms with Crippen LogP contribution in [-0.4, -0.2) is 25.6 Å². The van der Waals surface area contributed by atoms with Crippen molar-refractivity contribution in [2.45, 2.75) is 19.9 Å². The molecule has 0 bridgehead atoms. The Balaban J connectivity index is 1.84. The van der Waals surface area contributed by atoms with Crippen molar-refractivity contribution in [3.63, 3.8) is 0 Å². The minimum absolute atomic E-state index is 0.0231. The third-order valence-electron chi connectivity index (χ3n) is 5.08. The maximum absolute atomic E-state index is 14.2. The van der Waals surface area contributed by atoms with Crippen molar-refractivity contribution < 1.29 is 8.78 Å². The van der Waals surface area contributed by atoms with E-state index < -0.39 is 11.6 Å². The minimum Gasteiger partial charge on any atom is -0.337 e. The van der Waals surface area contributed by atoms with Crippen LogP contribution in [0.3, 0.4) is 0 Å². The van der Waals surface area contributed by atoms with Crippen LogP contribution < -0.4 is 10.7 Å². The van der Waals surface area contributed by atoms with Crippen molar-refractivity contribution in [1.82, 2.24) is 19.5 Å². The number of fused-ring (bicyclic) bond motifs is 2. The average molecular weight is 442 g/mol. The van der Waals surface area contributed by atoms with Gasteiger partial charge < -0.3 is 9.88 Å². The minimum atomic E-state index is -0.915. The van der Waals surface area contributed by atoms with Gasteiger partial charge in [-0.25, -0.2) is 18.7 Å². The van der Waals surface area contributed by atoms with Gasteiger partial charge in [-0.3, -0.25) is 9.98 Å². The van der Waals surface area contributed by atoms with Crippen LogP contribution in [0.5, 0.6) is 0 Å². The first-order valence-electron chi connectivity index (χ1n) is 10.5. The fraction of sp³-hybridized carbons (Fsp3) is 0.120. The summed E-state index contributed by atoms with van der Waals surface area (Å²) in [5, 5.41) is 3.96. The quantitative estimate of drug-likeness (QED) is 0.386. The lowest BCUT2D eigenvalue weighted by molar-refractivity contribution is 0.508. The van der Waals surface area contributed by atoms with Gasteiger partial charge in [-0.15, -0.1) is 0 Å². The van der Waals surface area contributed by atoms with Gasteiger partial charge in [0.15, 0.2) is 11.6 Å². The van der Waals surface area contributed by atoms with E-state index in [1.807, 2.05) is 54.8 Å². The second-order valence-corrected chi connectivity index (χ2v) is 7.83. The molecule has 1 N–H and O–H groups in total. The molecule has 0 unspecified atom stereocenters. The summed E-state index contributed by atoms with van der Waals surface area (Å²) in [5.41, 5.74) is 4.06. The molecule has 6 nitrogen and oxygen atoms in total. The highest BCUT2D eigenvalue weighted by Crippen LogP contribution is 2.30. The van der Waals surface area contributed by atoms with Crippen LogP contribution in [-0.2, 0) is 0 Å². The van der Waals surface area contributed by atoms with Gasteiger partial charge in [-0.2, -0.15) is 0 Å². The van der Waals surface area contributed by atoms with E-state index in [4.69, 9.17) is 9.98 Å². The molecule has 1 aromatic heterocycles. The third-order valence-corrected chi connectivity index (χ3v) is 5.08. The number of benzene rings is 3. The highest BCUT2D eigenvalue weighted by Gasteiger charge is 2.18. The summed E-state index contributed by atoms with van der Waals surface area (Å²) in [7, 11) is 0. The number of aromatic nitrogens is 4. The first kappa shape index (κ1) is 20.7. The Morgan fingerprint density at radius 3 is 2.58 bits per heavy atom. The number of hydrogen-bond acceptors (Lipinski definition) is 5. The molecule has 5 rings (SSSR count). The predicted octanol–water partition coefficient (Wildman–Crippen LogP) is 5.25. The second kappa shape index (κ2) is 8.38. The van der Waals surface area contributed by atoms with E-state index in [1.54, 1.807) is 24.7 Å². The van der Waals surface area contributed by atoms with E-state index in [0.29, 0.717) is 33.8 Å². The molecule has 3 aromatic rings. The zero-order valence-corrected chi connectivity index (χ0v) is 18.0. The van der Waals surface area contributed by atoms with Crippen LogP contribution in [0.1, 0.15) is 13.8 Å². The highest BCUT2D eigenvalue weighted by atomic mass is 19.2. The van der Waals surface area contributed by atoms with Crippen molar-refractivity contribution in [3.8, 4) is 17.1 Å². The molecule has 0 saturated heterocycles. The van der Waals surface area contributed by atoms with E-state index in [-0.39, 0.29) is 6.04 Å². The second-order valence-electron chi connectivity index (χ2n) is 7.83. The third kappa shape index (κ3) is 4.03. The number of halogens is 2. The first-order valence-corrected chi connectivity index (χ1v) is 10.5. The van der Waals surface area contributed by atoms with E-state index in [9.17, 15) is 8.78 Å². The first-order chi connectivity index (χ1) is 16.0. The maximum atomic E-state index is 14.2. The fourth-order valence-electron chi connectivity index (χ4n) is 3.73.